The molecule has 0 bridgehead atoms. The molecule has 4 aliphatic rings. The van der Waals surface area contributed by atoms with Crippen molar-refractivity contribution in [3.63, 3.8) is 0 Å². The molecule has 11 nitrogen and oxygen atoms in total. The Balaban J connectivity index is 1.48. The van der Waals surface area contributed by atoms with Crippen LogP contribution >= 0.6 is 0 Å². The number of hydrogen-bond donors (Lipinski definition) is 1. The van der Waals surface area contributed by atoms with E-state index in [-0.39, 0.29) is 24.2 Å². The van der Waals surface area contributed by atoms with Gasteiger partial charge in [0.15, 0.2) is 6.54 Å². The molecule has 160 valence electrons. The van der Waals surface area contributed by atoms with Gasteiger partial charge in [-0.2, -0.15) is 0 Å². The van der Waals surface area contributed by atoms with Crippen LogP contribution in [-0.4, -0.2) is 96.4 Å². The summed E-state index contributed by atoms with van der Waals surface area (Å²) >= 11 is 0. The lowest BCUT2D eigenvalue weighted by molar-refractivity contribution is -0.519. The number of nitrogens with one attached hydrogen (secondary N) is 1. The number of allylic oxidation sites excluding steroid dienone is 3. The number of amidine groups is 1. The van der Waals surface area contributed by atoms with Crippen molar-refractivity contribution in [3.8, 4) is 0 Å². The third-order valence-electron chi connectivity index (χ3n) is 5.36. The first-order valence-corrected chi connectivity index (χ1v) is 9.54. The van der Waals surface area contributed by atoms with Gasteiger partial charge in [-0.3, -0.25) is 24.2 Å². The summed E-state index contributed by atoms with van der Waals surface area (Å²) in [4.78, 5) is 59.6. The molecule has 11 heteroatoms. The number of urea groups is 1. The highest BCUT2D eigenvalue weighted by Crippen LogP contribution is 2.27. The van der Waals surface area contributed by atoms with Crippen molar-refractivity contribution in [2.24, 2.45) is 15.9 Å². The number of methoxy groups -OCH3 is 1. The maximum absolute atomic E-state index is 12.6. The summed E-state index contributed by atoms with van der Waals surface area (Å²) < 4.78 is 6.60. The van der Waals surface area contributed by atoms with Crippen LogP contribution in [0.15, 0.2) is 45.6 Å². The molecule has 5 amide bonds. The smallest absolute Gasteiger partial charge is 0.333 e. The second-order valence-electron chi connectivity index (χ2n) is 7.42. The third kappa shape index (κ3) is 3.63. The number of rotatable bonds is 4. The number of hydrogen-bond acceptors (Lipinski definition) is 6. The molecule has 0 aromatic carbocycles. The predicted molar refractivity (Wildman–Crippen MR) is 110 cm³/mol. The minimum absolute atomic E-state index is 0.141. The van der Waals surface area contributed by atoms with E-state index in [1.165, 1.54) is 36.0 Å². The molecule has 1 fully saturated rings. The van der Waals surface area contributed by atoms with Gasteiger partial charge in [-0.05, 0) is 22.7 Å². The third-order valence-corrected chi connectivity index (χ3v) is 5.36. The van der Waals surface area contributed by atoms with Gasteiger partial charge in [0.05, 0.1) is 12.3 Å². The fourth-order valence-corrected chi connectivity index (χ4v) is 3.85. The number of imide groups is 1. The summed E-state index contributed by atoms with van der Waals surface area (Å²) in [7, 11) is 4.47. The van der Waals surface area contributed by atoms with Gasteiger partial charge < -0.3 is 10.1 Å². The van der Waals surface area contributed by atoms with Gasteiger partial charge in [-0.1, -0.05) is 6.08 Å². The average molecular weight is 425 g/mol. The number of ether oxygens (including phenoxy) is 1. The van der Waals surface area contributed by atoms with Crippen molar-refractivity contribution >= 4 is 41.6 Å². The molecule has 0 aromatic heterocycles. The Morgan fingerprint density at radius 1 is 1.26 bits per heavy atom. The Labute approximate surface area is 177 Å². The molecule has 3 aliphatic heterocycles. The molecule has 1 aliphatic carbocycles. The van der Waals surface area contributed by atoms with Crippen LogP contribution in [-0.2, 0) is 19.1 Å². The SMILES string of the molecule is COCC1=CC(=O)NC2=CC(=NC(=O)C[N+]3=CN=C4C3C(=O)N(C)C(=O)N4C)C=CC12. The van der Waals surface area contributed by atoms with Crippen LogP contribution in [0, 0.1) is 5.92 Å². The number of likely N-dealkylation sites (N-methyl/N-ethyl adjacent to an activating group) is 2. The lowest BCUT2D eigenvalue weighted by Crippen LogP contribution is -2.61. The minimum atomic E-state index is -0.846. The highest BCUT2D eigenvalue weighted by molar-refractivity contribution is 6.21. The maximum Gasteiger partial charge on any atom is 0.333 e. The van der Waals surface area contributed by atoms with Gasteiger partial charge in [0, 0.05) is 38.9 Å². The highest BCUT2D eigenvalue weighted by atomic mass is 16.5. The molecule has 1 N–H and O–H groups in total. The van der Waals surface area contributed by atoms with E-state index in [9.17, 15) is 19.2 Å². The van der Waals surface area contributed by atoms with Crippen molar-refractivity contribution in [1.29, 1.82) is 0 Å². The number of carbonyl (C=O) groups is 4. The number of nitrogens with zero attached hydrogens (tertiary/aromatic N) is 5. The van der Waals surface area contributed by atoms with E-state index in [0.29, 0.717) is 18.0 Å². The fourth-order valence-electron chi connectivity index (χ4n) is 3.85. The van der Waals surface area contributed by atoms with Gasteiger partial charge in [0.1, 0.15) is 0 Å². The van der Waals surface area contributed by atoms with Gasteiger partial charge in [0.25, 0.3) is 30.0 Å². The molecule has 2 atom stereocenters. The second kappa shape index (κ2) is 7.84. The summed E-state index contributed by atoms with van der Waals surface area (Å²) in [5.41, 5.74) is 1.82. The van der Waals surface area contributed by atoms with Gasteiger partial charge >= 0.3 is 6.03 Å². The Bertz CT molecular complexity index is 1080. The lowest BCUT2D eigenvalue weighted by Gasteiger charge is -2.30. The van der Waals surface area contributed by atoms with Crippen LogP contribution in [0.25, 0.3) is 0 Å². The molecule has 0 spiro atoms. The summed E-state index contributed by atoms with van der Waals surface area (Å²) in [5, 5.41) is 2.76. The Morgan fingerprint density at radius 3 is 2.77 bits per heavy atom. The molecule has 0 radical (unpaired) electrons. The second-order valence-corrected chi connectivity index (χ2v) is 7.42. The zero-order valence-electron chi connectivity index (χ0n) is 17.2. The van der Waals surface area contributed by atoms with Crippen LogP contribution in [0.3, 0.4) is 0 Å². The van der Waals surface area contributed by atoms with E-state index in [1.54, 1.807) is 19.3 Å². The van der Waals surface area contributed by atoms with Crippen molar-refractivity contribution in [3.05, 3.63) is 35.6 Å². The van der Waals surface area contributed by atoms with Crippen LogP contribution in [0.4, 0.5) is 4.79 Å². The molecule has 1 saturated heterocycles. The van der Waals surface area contributed by atoms with Crippen molar-refractivity contribution in [1.82, 2.24) is 15.1 Å². The summed E-state index contributed by atoms with van der Waals surface area (Å²) in [6.45, 7) is 0.128. The minimum Gasteiger partial charge on any atom is -0.380 e. The van der Waals surface area contributed by atoms with Crippen LogP contribution in [0.2, 0.25) is 0 Å². The van der Waals surface area contributed by atoms with Crippen LogP contribution < -0.4 is 5.32 Å². The fraction of sp³-hybridized carbons (Fsp3) is 0.350. The van der Waals surface area contributed by atoms with Gasteiger partial charge in [0.2, 0.25) is 5.91 Å². The van der Waals surface area contributed by atoms with Gasteiger partial charge in [-0.25, -0.2) is 14.4 Å². The molecular weight excluding hydrogens is 404 g/mol. The van der Waals surface area contributed by atoms with E-state index >= 15 is 0 Å². The first-order valence-electron chi connectivity index (χ1n) is 9.54. The molecule has 4 rings (SSSR count). The van der Waals surface area contributed by atoms with E-state index in [2.05, 4.69) is 15.3 Å². The summed E-state index contributed by atoms with van der Waals surface area (Å²) in [6.07, 6.45) is 8.06. The first kappa shape index (κ1) is 20.5. The number of fused-ring (bicyclic) bond motifs is 2. The monoisotopic (exact) mass is 425 g/mol. The standard InChI is InChI=1S/C20H20N6O5/c1-24-18-17(19(29)25(2)20(24)30)26(10-21-18)8-16(28)22-12-4-5-13-11(9-31-3)6-15(27)23-14(13)7-12/h4-7,10,13,17H,8-9H2,1-3H3/p+1. The zero-order chi connectivity index (χ0) is 22.3. The van der Waals surface area contributed by atoms with E-state index < -0.39 is 23.9 Å². The number of amides is 5. The van der Waals surface area contributed by atoms with Crippen molar-refractivity contribution in [2.75, 3.05) is 34.4 Å². The Hall–Kier alpha value is -3.73. The molecule has 0 aromatic rings. The molecule has 31 heavy (non-hydrogen) atoms. The zero-order valence-corrected chi connectivity index (χ0v) is 17.2. The van der Waals surface area contributed by atoms with E-state index in [4.69, 9.17) is 4.74 Å². The molecular formula is C20H21N6O5+. The lowest BCUT2D eigenvalue weighted by atomic mass is 9.88. The first-order chi connectivity index (χ1) is 14.8. The average Bonchev–Trinajstić information content (AvgIpc) is 3.14. The quantitative estimate of drug-likeness (QED) is 0.583. The predicted octanol–water partition coefficient (Wildman–Crippen LogP) is -0.928. The van der Waals surface area contributed by atoms with Gasteiger partial charge in [-0.15, -0.1) is 0 Å². The summed E-state index contributed by atoms with van der Waals surface area (Å²) in [6, 6.07) is -1.33. The molecule has 2 unspecified atom stereocenters. The Kier molecular flexibility index (Phi) is 5.19. The molecule has 3 heterocycles. The normalized spacial score (nSPS) is 26.2. The topological polar surface area (TPSA) is 124 Å². The maximum atomic E-state index is 12.6. The summed E-state index contributed by atoms with van der Waals surface area (Å²) in [5.74, 6) is -1.07. The van der Waals surface area contributed by atoms with Crippen molar-refractivity contribution < 1.29 is 28.5 Å². The van der Waals surface area contributed by atoms with Crippen LogP contribution in [0.1, 0.15) is 0 Å². The Morgan fingerprint density at radius 2 is 2.03 bits per heavy atom. The number of aliphatic imine (C=N–C) groups is 2. The van der Waals surface area contributed by atoms with E-state index in [0.717, 1.165) is 10.5 Å². The highest BCUT2D eigenvalue weighted by Gasteiger charge is 2.50. The largest absolute Gasteiger partial charge is 0.380 e. The van der Waals surface area contributed by atoms with Crippen LogP contribution in [0.5, 0.6) is 0 Å². The van der Waals surface area contributed by atoms with E-state index in [1.807, 2.05) is 6.08 Å². The van der Waals surface area contributed by atoms with Crippen molar-refractivity contribution in [2.45, 2.75) is 6.04 Å². The number of carbonyl (C=O) groups excluding carboxylic acids is 4. The molecule has 0 saturated carbocycles.